The highest BCUT2D eigenvalue weighted by molar-refractivity contribution is 6.24. The quantitative estimate of drug-likeness (QED) is 0.188. The molecule has 0 spiro atoms. The van der Waals surface area contributed by atoms with E-state index < -0.39 is 0 Å². The molecule has 0 unspecified atom stereocenters. The van der Waals surface area contributed by atoms with Gasteiger partial charge in [0, 0.05) is 43.9 Å². The Hall–Kier alpha value is -6.78. The van der Waals surface area contributed by atoms with Crippen molar-refractivity contribution in [2.24, 2.45) is 0 Å². The van der Waals surface area contributed by atoms with E-state index in [9.17, 15) is 0 Å². The van der Waals surface area contributed by atoms with Crippen LogP contribution >= 0.6 is 0 Å². The molecular formula is C48H32N4. The first-order valence-corrected chi connectivity index (χ1v) is 18.0. The van der Waals surface area contributed by atoms with E-state index in [0.717, 1.165) is 74.2 Å². The largest absolute Gasteiger partial charge is 0.309 e. The Morgan fingerprint density at radius 1 is 0.442 bits per heavy atom. The zero-order chi connectivity index (χ0) is 34.2. The molecule has 1 aliphatic rings. The van der Waals surface area contributed by atoms with Crippen LogP contribution in [0.1, 0.15) is 18.5 Å². The third-order valence-electron chi connectivity index (χ3n) is 10.7. The number of allylic oxidation sites excluding steroid dienone is 4. The minimum atomic E-state index is 0.738. The monoisotopic (exact) mass is 664 g/mol. The van der Waals surface area contributed by atoms with Crippen LogP contribution < -0.4 is 0 Å². The standard InChI is InChI=1S/C48H32N4/c1-3-15-31(16-4-1)47-38-23-9-12-24-41(38)49-48(50-47)39-30-45-46(37-22-8-7-19-34(37)39)40-29-33(27-28-44(40)51(45)32-17-5-2-6-18-32)52-42-25-13-10-20-35(42)36-21-11-14-26-43(36)52/h2-3,5-30H,1,4H2. The third kappa shape index (κ3) is 4.28. The highest BCUT2D eigenvalue weighted by Gasteiger charge is 2.22. The first-order valence-electron chi connectivity index (χ1n) is 18.0. The summed E-state index contributed by atoms with van der Waals surface area (Å²) in [5, 5.41) is 8.34. The van der Waals surface area contributed by atoms with E-state index in [1.54, 1.807) is 0 Å². The number of hydrogen-bond donors (Lipinski definition) is 0. The van der Waals surface area contributed by atoms with Gasteiger partial charge in [-0.3, -0.25) is 0 Å². The summed E-state index contributed by atoms with van der Waals surface area (Å²) in [5.74, 6) is 0.738. The Labute approximate surface area is 300 Å². The summed E-state index contributed by atoms with van der Waals surface area (Å²) >= 11 is 0. The van der Waals surface area contributed by atoms with Crippen molar-refractivity contribution in [3.05, 3.63) is 176 Å². The van der Waals surface area contributed by atoms with Crippen LogP contribution in [0.4, 0.5) is 0 Å². The number of fused-ring (bicyclic) bond motifs is 9. The molecule has 10 aromatic rings. The highest BCUT2D eigenvalue weighted by atomic mass is 15.0. The van der Waals surface area contributed by atoms with Crippen LogP contribution in [0.15, 0.2) is 170 Å². The number of benzene rings is 7. The van der Waals surface area contributed by atoms with Crippen LogP contribution in [0.5, 0.6) is 0 Å². The second-order valence-corrected chi connectivity index (χ2v) is 13.7. The summed E-state index contributed by atoms with van der Waals surface area (Å²) in [4.78, 5) is 10.6. The number of aromatic nitrogens is 4. The molecule has 4 nitrogen and oxygen atoms in total. The minimum Gasteiger partial charge on any atom is -0.309 e. The summed E-state index contributed by atoms with van der Waals surface area (Å²) in [6.07, 6.45) is 8.85. The van der Waals surface area contributed by atoms with E-state index in [1.807, 2.05) is 0 Å². The summed E-state index contributed by atoms with van der Waals surface area (Å²) in [7, 11) is 0. The van der Waals surface area contributed by atoms with Crippen molar-refractivity contribution in [1.29, 1.82) is 0 Å². The molecule has 0 saturated heterocycles. The molecule has 11 rings (SSSR count). The van der Waals surface area contributed by atoms with Crippen molar-refractivity contribution in [1.82, 2.24) is 19.1 Å². The Morgan fingerprint density at radius 2 is 1.08 bits per heavy atom. The topological polar surface area (TPSA) is 35.6 Å². The molecule has 3 heterocycles. The van der Waals surface area contributed by atoms with Crippen molar-refractivity contribution >= 4 is 70.9 Å². The van der Waals surface area contributed by atoms with Crippen molar-refractivity contribution < 1.29 is 0 Å². The van der Waals surface area contributed by atoms with E-state index in [4.69, 9.17) is 9.97 Å². The lowest BCUT2D eigenvalue weighted by molar-refractivity contribution is 1.04. The van der Waals surface area contributed by atoms with E-state index in [1.165, 1.54) is 38.0 Å². The molecular weight excluding hydrogens is 633 g/mol. The molecule has 0 atom stereocenters. The number of rotatable bonds is 4. The number of para-hydroxylation sites is 4. The van der Waals surface area contributed by atoms with Gasteiger partial charge in [0.05, 0.1) is 33.3 Å². The van der Waals surface area contributed by atoms with E-state index in [0.29, 0.717) is 0 Å². The van der Waals surface area contributed by atoms with Gasteiger partial charge in [-0.25, -0.2) is 9.97 Å². The van der Waals surface area contributed by atoms with Gasteiger partial charge < -0.3 is 9.13 Å². The first kappa shape index (κ1) is 29.0. The van der Waals surface area contributed by atoms with Gasteiger partial charge in [0.15, 0.2) is 5.82 Å². The first-order chi connectivity index (χ1) is 25.8. The van der Waals surface area contributed by atoms with Crippen LogP contribution in [0.2, 0.25) is 0 Å². The van der Waals surface area contributed by atoms with Gasteiger partial charge in [0.1, 0.15) is 0 Å². The van der Waals surface area contributed by atoms with Gasteiger partial charge in [-0.15, -0.1) is 0 Å². The Bertz CT molecular complexity index is 3070. The van der Waals surface area contributed by atoms with Crippen molar-refractivity contribution in [2.75, 3.05) is 0 Å². The van der Waals surface area contributed by atoms with Gasteiger partial charge in [-0.05, 0) is 83.8 Å². The number of nitrogens with zero attached hydrogens (tertiary/aromatic N) is 4. The van der Waals surface area contributed by atoms with Crippen LogP contribution in [0.3, 0.4) is 0 Å². The van der Waals surface area contributed by atoms with E-state index in [2.05, 4.69) is 179 Å². The molecule has 0 N–H and O–H groups in total. The Balaban J connectivity index is 1.25. The van der Waals surface area contributed by atoms with Gasteiger partial charge in [-0.2, -0.15) is 0 Å². The van der Waals surface area contributed by atoms with Crippen LogP contribution in [0.25, 0.3) is 93.6 Å². The highest BCUT2D eigenvalue weighted by Crippen LogP contribution is 2.43. The van der Waals surface area contributed by atoms with E-state index >= 15 is 0 Å². The second-order valence-electron chi connectivity index (χ2n) is 13.7. The van der Waals surface area contributed by atoms with Crippen LogP contribution in [0, 0.1) is 0 Å². The second kappa shape index (κ2) is 11.4. The van der Waals surface area contributed by atoms with Gasteiger partial charge in [-0.1, -0.05) is 115 Å². The average Bonchev–Trinajstić information content (AvgIpc) is 3.73. The van der Waals surface area contributed by atoms with Crippen molar-refractivity contribution in [3.8, 4) is 22.8 Å². The molecule has 0 aliphatic heterocycles. The molecule has 0 bridgehead atoms. The molecule has 7 aromatic carbocycles. The lowest BCUT2D eigenvalue weighted by atomic mass is 9.97. The molecule has 244 valence electrons. The van der Waals surface area contributed by atoms with Crippen LogP contribution in [-0.2, 0) is 0 Å². The molecule has 52 heavy (non-hydrogen) atoms. The predicted octanol–water partition coefficient (Wildman–Crippen LogP) is 12.4. The Morgan fingerprint density at radius 3 is 1.83 bits per heavy atom. The molecule has 0 amide bonds. The average molecular weight is 665 g/mol. The summed E-state index contributed by atoms with van der Waals surface area (Å²) in [6.45, 7) is 0. The van der Waals surface area contributed by atoms with Gasteiger partial charge >= 0.3 is 0 Å². The Kier molecular flexibility index (Phi) is 6.34. The third-order valence-corrected chi connectivity index (χ3v) is 10.7. The maximum absolute atomic E-state index is 5.37. The molecule has 3 aromatic heterocycles. The van der Waals surface area contributed by atoms with Gasteiger partial charge in [0.25, 0.3) is 0 Å². The SMILES string of the molecule is C1=CC(c2nc(-c3cc4c(c5ccccc35)c3cc(-n5c6ccccc6c6ccccc65)ccc3n4-c3ccccc3)nc3ccccc23)=CCC1. The fourth-order valence-electron chi connectivity index (χ4n) is 8.46. The van der Waals surface area contributed by atoms with E-state index in [-0.39, 0.29) is 0 Å². The summed E-state index contributed by atoms with van der Waals surface area (Å²) in [5.41, 5.74) is 11.1. The zero-order valence-corrected chi connectivity index (χ0v) is 28.4. The lowest BCUT2D eigenvalue weighted by Gasteiger charge is -2.14. The predicted molar refractivity (Wildman–Crippen MR) is 218 cm³/mol. The molecule has 0 saturated carbocycles. The number of hydrogen-bond acceptors (Lipinski definition) is 2. The fourth-order valence-corrected chi connectivity index (χ4v) is 8.46. The minimum absolute atomic E-state index is 0.738. The van der Waals surface area contributed by atoms with Crippen molar-refractivity contribution in [3.63, 3.8) is 0 Å². The smallest absolute Gasteiger partial charge is 0.161 e. The van der Waals surface area contributed by atoms with Crippen LogP contribution in [-0.4, -0.2) is 19.1 Å². The maximum atomic E-state index is 5.37. The maximum Gasteiger partial charge on any atom is 0.161 e. The molecule has 0 radical (unpaired) electrons. The molecule has 0 fully saturated rings. The molecule has 4 heteroatoms. The van der Waals surface area contributed by atoms with Crippen molar-refractivity contribution in [2.45, 2.75) is 12.8 Å². The van der Waals surface area contributed by atoms with Gasteiger partial charge in [0.2, 0.25) is 0 Å². The summed E-state index contributed by atoms with van der Waals surface area (Å²) < 4.78 is 4.82. The molecule has 1 aliphatic carbocycles. The summed E-state index contributed by atoms with van der Waals surface area (Å²) in [6, 6.07) is 54.6. The zero-order valence-electron chi connectivity index (χ0n) is 28.4. The lowest BCUT2D eigenvalue weighted by Crippen LogP contribution is -2.00. The normalized spacial score (nSPS) is 13.3. The fraction of sp³-hybridized carbons (Fsp3) is 0.0417.